The normalized spacial score (nSPS) is 12.0. The van der Waals surface area contributed by atoms with Gasteiger partial charge in [0.2, 0.25) is 0 Å². The van der Waals surface area contributed by atoms with E-state index in [1.807, 2.05) is 13.8 Å². The minimum absolute atomic E-state index is 0.344. The van der Waals surface area contributed by atoms with Gasteiger partial charge in [0.05, 0.1) is 12.2 Å². The third kappa shape index (κ3) is 3.65. The van der Waals surface area contributed by atoms with Gasteiger partial charge in [0, 0.05) is 0 Å². The van der Waals surface area contributed by atoms with Crippen molar-refractivity contribution in [3.63, 3.8) is 0 Å². The molecule has 0 saturated carbocycles. The van der Waals surface area contributed by atoms with Crippen molar-refractivity contribution in [1.29, 1.82) is 0 Å². The minimum Gasteiger partial charge on any atom is -0.493 e. The molecule has 0 heterocycles. The lowest BCUT2D eigenvalue weighted by atomic mass is 10.1. The summed E-state index contributed by atoms with van der Waals surface area (Å²) in [4.78, 5) is 0. The van der Waals surface area contributed by atoms with Crippen LogP contribution in [0, 0.1) is 19.8 Å². The Kier molecular flexibility index (Phi) is 4.07. The van der Waals surface area contributed by atoms with Crippen molar-refractivity contribution in [2.75, 3.05) is 6.61 Å². The molecule has 0 aromatic heterocycles. The van der Waals surface area contributed by atoms with E-state index in [2.05, 4.69) is 0 Å². The fourth-order valence-corrected chi connectivity index (χ4v) is 1.59. The van der Waals surface area contributed by atoms with Gasteiger partial charge in [0.15, 0.2) is 0 Å². The van der Waals surface area contributed by atoms with Crippen molar-refractivity contribution in [2.24, 2.45) is 5.92 Å². The molecule has 0 N–H and O–H groups in total. The highest BCUT2D eigenvalue weighted by molar-refractivity contribution is 5.44. The Morgan fingerprint density at radius 1 is 1.12 bits per heavy atom. The molecular formula is C13H17F3O. The first-order valence-corrected chi connectivity index (χ1v) is 5.53. The van der Waals surface area contributed by atoms with Crippen LogP contribution in [-0.2, 0) is 6.18 Å². The Labute approximate surface area is 99.6 Å². The summed E-state index contributed by atoms with van der Waals surface area (Å²) in [5.74, 6) is 0.905. The van der Waals surface area contributed by atoms with Gasteiger partial charge >= 0.3 is 6.18 Å². The van der Waals surface area contributed by atoms with Crippen molar-refractivity contribution in [3.8, 4) is 5.75 Å². The maximum absolute atomic E-state index is 12.6. The molecule has 1 aromatic rings. The smallest absolute Gasteiger partial charge is 0.416 e. The third-order valence-electron chi connectivity index (χ3n) is 2.35. The Balaban J connectivity index is 3.03. The van der Waals surface area contributed by atoms with Gasteiger partial charge in [-0.15, -0.1) is 0 Å². The molecule has 17 heavy (non-hydrogen) atoms. The Hall–Kier alpha value is -1.19. The standard InChI is InChI=1S/C13H17F3O/c1-8(2)7-17-12-9(3)5-11(6-10(12)4)13(14,15)16/h5-6,8H,7H2,1-4H3. The summed E-state index contributed by atoms with van der Waals surface area (Å²) in [6.45, 7) is 7.77. The maximum Gasteiger partial charge on any atom is 0.416 e. The second kappa shape index (κ2) is 4.98. The molecule has 1 aromatic carbocycles. The molecule has 96 valence electrons. The molecule has 0 bridgehead atoms. The number of hydrogen-bond donors (Lipinski definition) is 0. The summed E-state index contributed by atoms with van der Waals surface area (Å²) in [5, 5.41) is 0. The van der Waals surface area contributed by atoms with Crippen molar-refractivity contribution >= 4 is 0 Å². The van der Waals surface area contributed by atoms with Crippen LogP contribution in [0.2, 0.25) is 0 Å². The zero-order valence-corrected chi connectivity index (χ0v) is 10.5. The Bertz CT molecular complexity index is 371. The van der Waals surface area contributed by atoms with E-state index in [0.29, 0.717) is 29.4 Å². The molecule has 0 aliphatic carbocycles. The summed E-state index contributed by atoms with van der Waals surface area (Å²) >= 11 is 0. The average Bonchev–Trinajstić information content (AvgIpc) is 2.14. The number of halogens is 3. The maximum atomic E-state index is 12.6. The monoisotopic (exact) mass is 246 g/mol. The van der Waals surface area contributed by atoms with Crippen LogP contribution in [0.25, 0.3) is 0 Å². The van der Waals surface area contributed by atoms with E-state index in [-0.39, 0.29) is 0 Å². The average molecular weight is 246 g/mol. The van der Waals surface area contributed by atoms with Crippen LogP contribution >= 0.6 is 0 Å². The second-order valence-corrected chi connectivity index (χ2v) is 4.64. The molecule has 0 spiro atoms. The molecule has 0 fully saturated rings. The van der Waals surface area contributed by atoms with Gasteiger partial charge in [-0.2, -0.15) is 13.2 Å². The van der Waals surface area contributed by atoms with Gasteiger partial charge in [0.1, 0.15) is 5.75 Å². The van der Waals surface area contributed by atoms with E-state index in [9.17, 15) is 13.2 Å². The molecule has 4 heteroatoms. The van der Waals surface area contributed by atoms with Gasteiger partial charge in [-0.1, -0.05) is 13.8 Å². The van der Waals surface area contributed by atoms with Crippen molar-refractivity contribution in [3.05, 3.63) is 28.8 Å². The van der Waals surface area contributed by atoms with Crippen LogP contribution in [0.3, 0.4) is 0 Å². The molecule has 0 aliphatic rings. The molecule has 1 nitrogen and oxygen atoms in total. The highest BCUT2D eigenvalue weighted by Gasteiger charge is 2.31. The SMILES string of the molecule is Cc1cc(C(F)(F)F)cc(C)c1OCC(C)C. The highest BCUT2D eigenvalue weighted by atomic mass is 19.4. The molecule has 0 saturated heterocycles. The van der Waals surface area contributed by atoms with Crippen LogP contribution in [0.1, 0.15) is 30.5 Å². The predicted molar refractivity (Wildman–Crippen MR) is 61.3 cm³/mol. The number of alkyl halides is 3. The van der Waals surface area contributed by atoms with Crippen LogP contribution in [0.15, 0.2) is 12.1 Å². The molecule has 0 radical (unpaired) electrons. The molecule has 0 amide bonds. The van der Waals surface area contributed by atoms with Gasteiger partial charge in [-0.3, -0.25) is 0 Å². The Morgan fingerprint density at radius 3 is 1.94 bits per heavy atom. The summed E-state index contributed by atoms with van der Waals surface area (Å²) in [6, 6.07) is 2.26. The fourth-order valence-electron chi connectivity index (χ4n) is 1.59. The second-order valence-electron chi connectivity index (χ2n) is 4.64. The van der Waals surface area contributed by atoms with Gasteiger partial charge < -0.3 is 4.74 Å². The van der Waals surface area contributed by atoms with Gasteiger partial charge in [0.25, 0.3) is 0 Å². The van der Waals surface area contributed by atoms with Crippen LogP contribution in [-0.4, -0.2) is 6.61 Å². The lowest BCUT2D eigenvalue weighted by molar-refractivity contribution is -0.137. The summed E-state index contributed by atoms with van der Waals surface area (Å²) in [7, 11) is 0. The van der Waals surface area contributed by atoms with E-state index in [4.69, 9.17) is 4.74 Å². The van der Waals surface area contributed by atoms with Gasteiger partial charge in [-0.25, -0.2) is 0 Å². The number of hydrogen-bond acceptors (Lipinski definition) is 1. The molecule has 0 atom stereocenters. The number of rotatable bonds is 3. The molecule has 0 unspecified atom stereocenters. The third-order valence-corrected chi connectivity index (χ3v) is 2.35. The highest BCUT2D eigenvalue weighted by Crippen LogP contribution is 2.34. The minimum atomic E-state index is -4.30. The topological polar surface area (TPSA) is 9.23 Å². The van der Waals surface area contributed by atoms with E-state index in [0.717, 1.165) is 12.1 Å². The molecule has 0 aliphatic heterocycles. The lowest BCUT2D eigenvalue weighted by Crippen LogP contribution is -2.09. The van der Waals surface area contributed by atoms with Crippen molar-refractivity contribution < 1.29 is 17.9 Å². The summed E-state index contributed by atoms with van der Waals surface area (Å²) in [6.07, 6.45) is -4.30. The zero-order chi connectivity index (χ0) is 13.2. The van der Waals surface area contributed by atoms with Crippen LogP contribution in [0.5, 0.6) is 5.75 Å². The first kappa shape index (κ1) is 13.9. The van der Waals surface area contributed by atoms with Crippen molar-refractivity contribution in [2.45, 2.75) is 33.9 Å². The van der Waals surface area contributed by atoms with E-state index in [1.165, 1.54) is 0 Å². The zero-order valence-electron chi connectivity index (χ0n) is 10.5. The molecular weight excluding hydrogens is 229 g/mol. The largest absolute Gasteiger partial charge is 0.493 e. The summed E-state index contributed by atoms with van der Waals surface area (Å²) < 4.78 is 43.2. The van der Waals surface area contributed by atoms with E-state index < -0.39 is 11.7 Å². The quantitative estimate of drug-likeness (QED) is 0.770. The predicted octanol–water partition coefficient (Wildman–Crippen LogP) is 4.36. The molecule has 1 rings (SSSR count). The van der Waals surface area contributed by atoms with Crippen molar-refractivity contribution in [1.82, 2.24) is 0 Å². The van der Waals surface area contributed by atoms with E-state index >= 15 is 0 Å². The first-order chi connectivity index (χ1) is 7.71. The number of ether oxygens (including phenoxy) is 1. The van der Waals surface area contributed by atoms with E-state index in [1.54, 1.807) is 13.8 Å². The number of benzene rings is 1. The van der Waals surface area contributed by atoms with Gasteiger partial charge in [-0.05, 0) is 43.0 Å². The first-order valence-electron chi connectivity index (χ1n) is 5.53. The number of aryl methyl sites for hydroxylation is 2. The summed E-state index contributed by atoms with van der Waals surface area (Å²) in [5.41, 5.74) is 0.431. The van der Waals surface area contributed by atoms with Crippen LogP contribution < -0.4 is 4.74 Å². The lowest BCUT2D eigenvalue weighted by Gasteiger charge is -2.16. The van der Waals surface area contributed by atoms with Crippen LogP contribution in [0.4, 0.5) is 13.2 Å². The Morgan fingerprint density at radius 2 is 1.59 bits per heavy atom. The fraction of sp³-hybridized carbons (Fsp3) is 0.538.